The Labute approximate surface area is 207 Å². The van der Waals surface area contributed by atoms with Crippen molar-refractivity contribution in [2.24, 2.45) is 0 Å². The van der Waals surface area contributed by atoms with E-state index in [1.54, 1.807) is 6.07 Å². The van der Waals surface area contributed by atoms with Gasteiger partial charge in [0, 0.05) is 24.7 Å². The maximum atomic E-state index is 13.2. The summed E-state index contributed by atoms with van der Waals surface area (Å²) >= 11 is 6.28. The number of phenols is 1. The highest BCUT2D eigenvalue weighted by Crippen LogP contribution is 2.42. The van der Waals surface area contributed by atoms with Gasteiger partial charge in [0.05, 0.1) is 28.7 Å². The van der Waals surface area contributed by atoms with Crippen LogP contribution >= 0.6 is 11.6 Å². The van der Waals surface area contributed by atoms with Crippen LogP contribution in [0.3, 0.4) is 0 Å². The van der Waals surface area contributed by atoms with Crippen molar-refractivity contribution in [3.63, 3.8) is 0 Å². The van der Waals surface area contributed by atoms with Crippen LogP contribution < -0.4 is 4.74 Å². The molecule has 1 unspecified atom stereocenters. The minimum atomic E-state index is -1.13. The lowest BCUT2D eigenvalue weighted by Gasteiger charge is -2.28. The number of aliphatic hydroxyl groups excluding tert-OH is 1. The van der Waals surface area contributed by atoms with Crippen LogP contribution in [-0.2, 0) is 9.59 Å². The van der Waals surface area contributed by atoms with Crippen molar-refractivity contribution in [2.75, 3.05) is 33.3 Å². The standard InChI is InChI=1S/C24H26ClN3O7/c1-4-26(5-2)10-11-27-21(14-6-9-19(29)18(12-14)28(33)34)20(23(31)24(27)32)22(30)16-13-15(35-3)7-8-17(16)25/h6-9,12-13,21,29-30H,4-5,10-11H2,1-3H3/b22-20+. The molecule has 0 aliphatic carbocycles. The van der Waals surface area contributed by atoms with Gasteiger partial charge in [-0.05, 0) is 42.9 Å². The fraction of sp³-hybridized carbons (Fsp3) is 0.333. The third-order valence-electron chi connectivity index (χ3n) is 6.03. The lowest BCUT2D eigenvalue weighted by Crippen LogP contribution is -2.38. The summed E-state index contributed by atoms with van der Waals surface area (Å²) < 4.78 is 5.19. The summed E-state index contributed by atoms with van der Waals surface area (Å²) in [6.45, 7) is 5.93. The summed E-state index contributed by atoms with van der Waals surface area (Å²) in [5.74, 6) is -2.52. The number of likely N-dealkylation sites (N-methyl/N-ethyl adjacent to an activating group) is 1. The second-order valence-corrected chi connectivity index (χ2v) is 8.28. The number of ether oxygens (including phenoxy) is 1. The lowest BCUT2D eigenvalue weighted by molar-refractivity contribution is -0.385. The van der Waals surface area contributed by atoms with E-state index in [0.29, 0.717) is 12.3 Å². The van der Waals surface area contributed by atoms with Crippen LogP contribution in [0, 0.1) is 10.1 Å². The van der Waals surface area contributed by atoms with Crippen molar-refractivity contribution < 1.29 is 29.5 Å². The van der Waals surface area contributed by atoms with Crippen molar-refractivity contribution in [2.45, 2.75) is 19.9 Å². The molecule has 2 aromatic rings. The first-order chi connectivity index (χ1) is 16.6. The first-order valence-corrected chi connectivity index (χ1v) is 11.3. The normalized spacial score (nSPS) is 17.3. The Morgan fingerprint density at radius 3 is 2.49 bits per heavy atom. The molecular weight excluding hydrogens is 478 g/mol. The number of benzene rings is 2. The molecule has 1 heterocycles. The van der Waals surface area contributed by atoms with E-state index in [1.165, 1.54) is 30.2 Å². The number of ketones is 1. The minimum Gasteiger partial charge on any atom is -0.507 e. The van der Waals surface area contributed by atoms with E-state index in [2.05, 4.69) is 4.90 Å². The molecule has 0 bridgehead atoms. The molecular formula is C24H26ClN3O7. The number of carbonyl (C=O) groups is 2. The van der Waals surface area contributed by atoms with Crippen LogP contribution in [0.1, 0.15) is 31.0 Å². The highest BCUT2D eigenvalue weighted by Gasteiger charge is 2.46. The van der Waals surface area contributed by atoms with Gasteiger partial charge < -0.3 is 24.7 Å². The van der Waals surface area contributed by atoms with Crippen LogP contribution in [0.5, 0.6) is 11.5 Å². The van der Waals surface area contributed by atoms with Crippen LogP contribution in [0.15, 0.2) is 42.0 Å². The van der Waals surface area contributed by atoms with E-state index in [0.717, 1.165) is 25.2 Å². The Hall–Kier alpha value is -3.63. The molecule has 3 rings (SSSR count). The monoisotopic (exact) mass is 503 g/mol. The molecule has 2 N–H and O–H groups in total. The van der Waals surface area contributed by atoms with Crippen molar-refractivity contribution >= 4 is 34.7 Å². The Morgan fingerprint density at radius 1 is 1.20 bits per heavy atom. The lowest BCUT2D eigenvalue weighted by atomic mass is 9.94. The predicted octanol–water partition coefficient (Wildman–Crippen LogP) is 3.73. The molecule has 2 aromatic carbocycles. The minimum absolute atomic E-state index is 0.0750. The third-order valence-corrected chi connectivity index (χ3v) is 6.36. The number of carbonyl (C=O) groups excluding carboxylic acids is 2. The number of Topliss-reactive ketones (excluding diaryl/α,β-unsaturated/α-hetero) is 1. The number of aromatic hydroxyl groups is 1. The number of nitro benzene ring substituents is 1. The Bertz CT molecular complexity index is 1190. The van der Waals surface area contributed by atoms with Crippen molar-refractivity contribution in [3.05, 3.63) is 68.2 Å². The van der Waals surface area contributed by atoms with Crippen molar-refractivity contribution in [3.8, 4) is 11.5 Å². The second kappa shape index (κ2) is 10.7. The Kier molecular flexibility index (Phi) is 7.98. The summed E-state index contributed by atoms with van der Waals surface area (Å²) in [4.78, 5) is 40.3. The summed E-state index contributed by atoms with van der Waals surface area (Å²) in [6.07, 6.45) is 0. The van der Waals surface area contributed by atoms with Crippen molar-refractivity contribution in [1.82, 2.24) is 9.80 Å². The maximum absolute atomic E-state index is 13.2. The average molecular weight is 504 g/mol. The molecule has 1 fully saturated rings. The van der Waals surface area contributed by atoms with E-state index in [4.69, 9.17) is 16.3 Å². The van der Waals surface area contributed by atoms with E-state index < -0.39 is 39.9 Å². The van der Waals surface area contributed by atoms with Gasteiger partial charge in [0.15, 0.2) is 5.75 Å². The van der Waals surface area contributed by atoms with E-state index in [1.807, 2.05) is 13.8 Å². The Morgan fingerprint density at radius 2 is 1.89 bits per heavy atom. The summed E-state index contributed by atoms with van der Waals surface area (Å²) in [5.41, 5.74) is -0.583. The number of amides is 1. The molecule has 0 aromatic heterocycles. The quantitative estimate of drug-likeness (QED) is 0.174. The molecule has 10 nitrogen and oxygen atoms in total. The SMILES string of the molecule is CCN(CC)CCN1C(=O)C(=O)/C(=C(/O)c2cc(OC)ccc2Cl)C1c1ccc(O)c([N+](=O)[O-])c1. The topological polar surface area (TPSA) is 133 Å². The van der Waals surface area contributed by atoms with E-state index in [-0.39, 0.29) is 28.3 Å². The third kappa shape index (κ3) is 5.08. The zero-order valence-electron chi connectivity index (χ0n) is 19.5. The predicted molar refractivity (Wildman–Crippen MR) is 130 cm³/mol. The van der Waals surface area contributed by atoms with Gasteiger partial charge in [-0.2, -0.15) is 0 Å². The maximum Gasteiger partial charge on any atom is 0.311 e. The highest BCUT2D eigenvalue weighted by atomic mass is 35.5. The molecule has 1 saturated heterocycles. The number of phenolic OH excluding ortho intramolecular Hbond substituents is 1. The number of hydrogen-bond acceptors (Lipinski definition) is 8. The zero-order chi connectivity index (χ0) is 25.9. The van der Waals surface area contributed by atoms with Gasteiger partial charge in [-0.3, -0.25) is 19.7 Å². The van der Waals surface area contributed by atoms with Crippen LogP contribution in [0.2, 0.25) is 5.02 Å². The summed E-state index contributed by atoms with van der Waals surface area (Å²) in [6, 6.07) is 6.94. The fourth-order valence-corrected chi connectivity index (χ4v) is 4.27. The van der Waals surface area contributed by atoms with Gasteiger partial charge in [0.1, 0.15) is 11.5 Å². The van der Waals surface area contributed by atoms with Gasteiger partial charge in [-0.1, -0.05) is 31.5 Å². The number of methoxy groups -OCH3 is 1. The van der Waals surface area contributed by atoms with E-state index in [9.17, 15) is 29.9 Å². The first kappa shape index (κ1) is 26.0. The van der Waals surface area contributed by atoms with Gasteiger partial charge in [0.25, 0.3) is 11.7 Å². The number of likely N-dealkylation sites (tertiary alicyclic amines) is 1. The summed E-state index contributed by atoms with van der Waals surface area (Å²) in [5, 5.41) is 32.7. The van der Waals surface area contributed by atoms with Crippen LogP contribution in [-0.4, -0.2) is 69.9 Å². The number of nitro groups is 1. The van der Waals surface area contributed by atoms with Gasteiger partial charge in [-0.25, -0.2) is 0 Å². The van der Waals surface area contributed by atoms with Crippen LogP contribution in [0.25, 0.3) is 5.76 Å². The smallest absolute Gasteiger partial charge is 0.311 e. The molecule has 186 valence electrons. The van der Waals surface area contributed by atoms with Gasteiger partial charge >= 0.3 is 5.69 Å². The number of halogens is 1. The summed E-state index contributed by atoms with van der Waals surface area (Å²) in [7, 11) is 1.43. The van der Waals surface area contributed by atoms with E-state index >= 15 is 0 Å². The molecule has 35 heavy (non-hydrogen) atoms. The molecule has 1 amide bonds. The van der Waals surface area contributed by atoms with Crippen molar-refractivity contribution in [1.29, 1.82) is 0 Å². The molecule has 1 atom stereocenters. The zero-order valence-corrected chi connectivity index (χ0v) is 20.3. The van der Waals surface area contributed by atoms with Gasteiger partial charge in [0.2, 0.25) is 0 Å². The molecule has 0 spiro atoms. The molecule has 0 saturated carbocycles. The van der Waals surface area contributed by atoms with Gasteiger partial charge in [-0.15, -0.1) is 0 Å². The molecule has 0 radical (unpaired) electrons. The number of rotatable bonds is 9. The molecule has 11 heteroatoms. The highest BCUT2D eigenvalue weighted by molar-refractivity contribution is 6.47. The fourth-order valence-electron chi connectivity index (χ4n) is 4.06. The van der Waals surface area contributed by atoms with Crippen LogP contribution in [0.4, 0.5) is 5.69 Å². The molecule has 1 aliphatic rings. The molecule has 1 aliphatic heterocycles. The number of aliphatic hydroxyl groups is 1. The first-order valence-electron chi connectivity index (χ1n) is 11.0. The Balaban J connectivity index is 2.22. The number of nitrogens with zero attached hydrogens (tertiary/aromatic N) is 3. The number of hydrogen-bond donors (Lipinski definition) is 2. The second-order valence-electron chi connectivity index (χ2n) is 7.87. The average Bonchev–Trinajstić information content (AvgIpc) is 3.09. The largest absolute Gasteiger partial charge is 0.507 e.